The molecule has 288 valence electrons. The van der Waals surface area contributed by atoms with Crippen molar-refractivity contribution in [2.45, 2.75) is 78.3 Å². The third-order valence-electron chi connectivity index (χ3n) is 12.1. The Morgan fingerprint density at radius 2 is 1.58 bits per heavy atom. The van der Waals surface area contributed by atoms with Gasteiger partial charge >= 0.3 is 0 Å². The van der Waals surface area contributed by atoms with E-state index in [1.165, 1.54) is 24.5 Å². The average Bonchev–Trinajstić information content (AvgIpc) is 3.08. The van der Waals surface area contributed by atoms with Crippen molar-refractivity contribution >= 4 is 34.3 Å². The van der Waals surface area contributed by atoms with Crippen molar-refractivity contribution in [3.05, 3.63) is 35.9 Å². The Bertz CT molecular complexity index is 1660. The molecule has 16 heteroatoms. The van der Waals surface area contributed by atoms with Crippen LogP contribution in [0, 0.1) is 22.6 Å². The van der Waals surface area contributed by atoms with Gasteiger partial charge in [0.25, 0.3) is 22.0 Å². The Morgan fingerprint density at radius 1 is 0.962 bits per heavy atom. The van der Waals surface area contributed by atoms with Crippen LogP contribution < -0.4 is 15.0 Å². The number of nitrogens with one attached hydrogen (secondary N) is 1. The minimum atomic E-state index is -3.38. The Balaban J connectivity index is 0.00000464. The van der Waals surface area contributed by atoms with Gasteiger partial charge in [0.1, 0.15) is 17.9 Å². The number of hydrogen-bond acceptors (Lipinski definition) is 10. The normalized spacial score (nSPS) is 22.6. The van der Waals surface area contributed by atoms with E-state index in [0.29, 0.717) is 43.3 Å². The molecule has 0 atom stereocenters. The molecule has 0 radical (unpaired) electrons. The predicted octanol–water partition coefficient (Wildman–Crippen LogP) is 4.03. The second kappa shape index (κ2) is 15.6. The first-order chi connectivity index (χ1) is 24.4. The van der Waals surface area contributed by atoms with Crippen molar-refractivity contribution < 1.29 is 22.3 Å². The van der Waals surface area contributed by atoms with Crippen LogP contribution in [-0.4, -0.2) is 132 Å². The molecule has 5 saturated heterocycles. The summed E-state index contributed by atoms with van der Waals surface area (Å²) in [6.45, 7) is 17.0. The lowest BCUT2D eigenvalue weighted by molar-refractivity contribution is 0.0599. The molecule has 2 spiro atoms. The topological polar surface area (TPSA) is 127 Å². The molecule has 1 amide bonds. The average molecular weight is 764 g/mol. The van der Waals surface area contributed by atoms with Crippen molar-refractivity contribution in [3.8, 4) is 11.6 Å². The van der Waals surface area contributed by atoms with Crippen molar-refractivity contribution in [2.24, 2.45) is 16.7 Å². The number of carbonyl (C=O) groups excluding carboxylic acids is 1. The molecule has 6 heterocycles. The Labute approximate surface area is 314 Å². The molecule has 0 unspecified atom stereocenters. The molecule has 5 aliphatic heterocycles. The molecule has 5 aliphatic rings. The lowest BCUT2D eigenvalue weighted by Crippen LogP contribution is -2.61. The van der Waals surface area contributed by atoms with Gasteiger partial charge in [-0.2, -0.15) is 17.0 Å². The highest BCUT2D eigenvalue weighted by Gasteiger charge is 2.47. The van der Waals surface area contributed by atoms with Crippen molar-refractivity contribution in [3.63, 3.8) is 0 Å². The van der Waals surface area contributed by atoms with Gasteiger partial charge in [0.15, 0.2) is 5.82 Å². The SMILES string of the molecule is CC(C)N(C(=O)c1cc(F)ccc1Oc1nncnc1N1CC2(CCN(CC3CCN(S(=O)(=O)N4CCC5(CC4)CNC5)CC3)CC2)C1)C(C)C.Cl. The summed E-state index contributed by atoms with van der Waals surface area (Å²) >= 11 is 0. The van der Waals surface area contributed by atoms with Crippen LogP contribution in [0.5, 0.6) is 11.6 Å². The van der Waals surface area contributed by atoms with E-state index in [1.807, 2.05) is 27.7 Å². The highest BCUT2D eigenvalue weighted by molar-refractivity contribution is 7.86. The molecule has 0 aliphatic carbocycles. The smallest absolute Gasteiger partial charge is 0.282 e. The Morgan fingerprint density at radius 3 is 2.17 bits per heavy atom. The van der Waals surface area contributed by atoms with Crippen LogP contribution in [0.15, 0.2) is 24.5 Å². The molecule has 1 N–H and O–H groups in total. The first kappa shape index (κ1) is 39.0. The molecular formula is C36H55ClFN9O4S. The number of amides is 1. The van der Waals surface area contributed by atoms with E-state index in [0.717, 1.165) is 84.3 Å². The zero-order chi connectivity index (χ0) is 36.0. The lowest BCUT2D eigenvalue weighted by atomic mass is 9.72. The number of benzene rings is 1. The third-order valence-corrected chi connectivity index (χ3v) is 14.1. The molecule has 52 heavy (non-hydrogen) atoms. The number of rotatable bonds is 10. The van der Waals surface area contributed by atoms with E-state index in [9.17, 15) is 17.6 Å². The van der Waals surface area contributed by atoms with Crippen molar-refractivity contribution in [1.82, 2.24) is 38.9 Å². The van der Waals surface area contributed by atoms with Gasteiger partial charge in [0.05, 0.1) is 5.56 Å². The quantitative estimate of drug-likeness (QED) is 0.379. The van der Waals surface area contributed by atoms with Crippen LogP contribution in [0.2, 0.25) is 0 Å². The van der Waals surface area contributed by atoms with Crippen molar-refractivity contribution in [1.29, 1.82) is 0 Å². The number of piperidine rings is 3. The van der Waals surface area contributed by atoms with Crippen LogP contribution in [0.3, 0.4) is 0 Å². The highest BCUT2D eigenvalue weighted by atomic mass is 35.5. The maximum Gasteiger partial charge on any atom is 0.282 e. The van der Waals surface area contributed by atoms with E-state index in [1.54, 1.807) is 13.5 Å². The fourth-order valence-electron chi connectivity index (χ4n) is 8.92. The predicted molar refractivity (Wildman–Crippen MR) is 200 cm³/mol. The van der Waals surface area contributed by atoms with Gasteiger partial charge in [0.2, 0.25) is 0 Å². The molecule has 0 bridgehead atoms. The van der Waals surface area contributed by atoms with E-state index >= 15 is 0 Å². The van der Waals surface area contributed by atoms with E-state index in [4.69, 9.17) is 4.74 Å². The Kier molecular flexibility index (Phi) is 11.7. The second-order valence-corrected chi connectivity index (χ2v) is 18.2. The van der Waals surface area contributed by atoms with Gasteiger partial charge < -0.3 is 24.8 Å². The summed E-state index contributed by atoms with van der Waals surface area (Å²) in [5.41, 5.74) is 0.649. The van der Waals surface area contributed by atoms with Crippen LogP contribution in [0.25, 0.3) is 0 Å². The van der Waals surface area contributed by atoms with Crippen LogP contribution in [-0.2, 0) is 10.2 Å². The molecule has 1 aromatic carbocycles. The molecule has 2 aromatic rings. The molecule has 0 saturated carbocycles. The summed E-state index contributed by atoms with van der Waals surface area (Å²) in [7, 11) is -3.38. The van der Waals surface area contributed by atoms with Crippen LogP contribution in [0.4, 0.5) is 10.2 Å². The van der Waals surface area contributed by atoms with E-state index in [2.05, 4.69) is 30.3 Å². The summed E-state index contributed by atoms with van der Waals surface area (Å²) in [6.07, 6.45) is 7.30. The van der Waals surface area contributed by atoms with Gasteiger partial charge in [-0.3, -0.25) is 4.79 Å². The summed E-state index contributed by atoms with van der Waals surface area (Å²) < 4.78 is 50.9. The first-order valence-corrected chi connectivity index (χ1v) is 20.2. The number of ether oxygens (including phenoxy) is 1. The largest absolute Gasteiger partial charge is 0.434 e. The van der Waals surface area contributed by atoms with Crippen molar-refractivity contribution in [2.75, 3.05) is 76.9 Å². The number of anilines is 1. The molecular weight excluding hydrogens is 709 g/mol. The number of carbonyl (C=O) groups is 1. The highest BCUT2D eigenvalue weighted by Crippen LogP contribution is 2.45. The van der Waals surface area contributed by atoms with Crippen LogP contribution in [0.1, 0.15) is 76.6 Å². The van der Waals surface area contributed by atoms with Gasteiger partial charge in [0, 0.05) is 76.4 Å². The summed E-state index contributed by atoms with van der Waals surface area (Å²) in [6, 6.07) is 3.80. The van der Waals surface area contributed by atoms with E-state index in [-0.39, 0.29) is 53.0 Å². The third kappa shape index (κ3) is 7.90. The fourth-order valence-corrected chi connectivity index (χ4v) is 10.6. The minimum absolute atomic E-state index is 0. The lowest BCUT2D eigenvalue weighted by Gasteiger charge is -2.54. The van der Waals surface area contributed by atoms with Gasteiger partial charge in [-0.1, -0.05) is 0 Å². The maximum absolute atomic E-state index is 14.4. The minimum Gasteiger partial charge on any atom is -0.434 e. The Hall–Kier alpha value is -2.69. The molecule has 7 rings (SSSR count). The zero-order valence-corrected chi connectivity index (χ0v) is 32.6. The van der Waals surface area contributed by atoms with E-state index < -0.39 is 16.0 Å². The number of hydrogen-bond donors (Lipinski definition) is 1. The summed E-state index contributed by atoms with van der Waals surface area (Å²) in [5, 5.41) is 11.5. The standard InChI is InChI=1S/C36H54FN9O4S.ClH/c1-26(2)46(27(3)4)34(47)30-19-29(37)5-6-31(30)50-33-32(39-25-40-41-33)43-23-36(24-43)9-15-42(16-10-36)20-28-7-13-44(14-8-28)51(48,49)45-17-11-35(12-18-45)21-38-22-35;/h5-6,19,25-28,38H,7-18,20-24H2,1-4H3;1H. The van der Waals surface area contributed by atoms with Gasteiger partial charge in [-0.05, 0) is 109 Å². The van der Waals surface area contributed by atoms with Gasteiger partial charge in [-0.25, -0.2) is 9.37 Å². The molecule has 1 aromatic heterocycles. The number of aromatic nitrogens is 3. The second-order valence-electron chi connectivity index (χ2n) is 16.2. The van der Waals surface area contributed by atoms with Gasteiger partial charge in [-0.15, -0.1) is 22.6 Å². The van der Waals surface area contributed by atoms with Crippen LogP contribution >= 0.6 is 12.4 Å². The zero-order valence-electron chi connectivity index (χ0n) is 31.0. The maximum atomic E-state index is 14.4. The number of nitrogens with zero attached hydrogens (tertiary/aromatic N) is 8. The fraction of sp³-hybridized carbons (Fsp3) is 0.722. The number of likely N-dealkylation sites (tertiary alicyclic amines) is 1. The summed E-state index contributed by atoms with van der Waals surface area (Å²) in [4.78, 5) is 24.5. The monoisotopic (exact) mass is 763 g/mol. The molecule has 5 fully saturated rings. The molecule has 13 nitrogen and oxygen atoms in total. The first-order valence-electron chi connectivity index (χ1n) is 18.8. The number of halogens is 2. The summed E-state index contributed by atoms with van der Waals surface area (Å²) in [5.74, 6) is 0.662.